The largest absolute Gasteiger partial charge is 0.329 e. The Labute approximate surface area is 166 Å². The molecule has 146 valence electrons. The summed E-state index contributed by atoms with van der Waals surface area (Å²) >= 11 is 1.79. The van der Waals surface area contributed by atoms with E-state index in [1.165, 1.54) is 24.5 Å². The van der Waals surface area contributed by atoms with Gasteiger partial charge < -0.3 is 20.4 Å². The first-order valence-electron chi connectivity index (χ1n) is 9.92. The van der Waals surface area contributed by atoms with Crippen molar-refractivity contribution in [3.8, 4) is 0 Å². The molecule has 0 unspecified atom stereocenters. The van der Waals surface area contributed by atoms with Crippen LogP contribution >= 0.6 is 11.3 Å². The number of nitrogens with one attached hydrogen (secondary N) is 4. The topological polar surface area (TPSA) is 50.0 Å². The van der Waals surface area contributed by atoms with Crippen molar-refractivity contribution in [2.45, 2.75) is 32.9 Å². The highest BCUT2D eigenvalue weighted by atomic mass is 32.1. The predicted octanol–water partition coefficient (Wildman–Crippen LogP) is 1.11. The van der Waals surface area contributed by atoms with E-state index >= 15 is 0 Å². The average molecular weight is 389 g/mol. The van der Waals surface area contributed by atoms with Crippen LogP contribution in [0.25, 0.3) is 0 Å². The minimum atomic E-state index is -0.133. The molecular formula is C21H32N4OS+2. The minimum absolute atomic E-state index is 0.0617. The van der Waals surface area contributed by atoms with Crippen LogP contribution in [0.15, 0.2) is 41.8 Å². The number of carbonyl (C=O) groups is 1. The molecule has 1 aliphatic rings. The number of hydrogen-bond acceptors (Lipinski definition) is 2. The zero-order valence-corrected chi connectivity index (χ0v) is 17.4. The second-order valence-electron chi connectivity index (χ2n) is 7.51. The molecule has 0 bridgehead atoms. The summed E-state index contributed by atoms with van der Waals surface area (Å²) in [7, 11) is 0. The number of carbonyl (C=O) groups excluding carboxylic acids is 1. The van der Waals surface area contributed by atoms with Gasteiger partial charge in [0.25, 0.3) is 0 Å². The van der Waals surface area contributed by atoms with E-state index in [4.69, 9.17) is 0 Å². The smallest absolute Gasteiger partial charge is 0.319 e. The summed E-state index contributed by atoms with van der Waals surface area (Å²) in [6, 6.07) is 12.4. The molecule has 1 aromatic carbocycles. The van der Waals surface area contributed by atoms with Gasteiger partial charge in [0.1, 0.15) is 32.2 Å². The molecule has 1 saturated heterocycles. The number of aryl methyl sites for hydroxylation is 1. The van der Waals surface area contributed by atoms with Gasteiger partial charge in [-0.25, -0.2) is 4.79 Å². The van der Waals surface area contributed by atoms with E-state index in [1.54, 1.807) is 21.1 Å². The maximum absolute atomic E-state index is 12.6. The number of quaternary nitrogens is 2. The van der Waals surface area contributed by atoms with Gasteiger partial charge in [-0.05, 0) is 49.9 Å². The van der Waals surface area contributed by atoms with Crippen molar-refractivity contribution in [3.05, 3.63) is 52.2 Å². The molecule has 6 heteroatoms. The molecule has 2 aromatic rings. The summed E-state index contributed by atoms with van der Waals surface area (Å²) in [6.45, 7) is 12.3. The highest BCUT2D eigenvalue weighted by Crippen LogP contribution is 2.20. The van der Waals surface area contributed by atoms with Crippen molar-refractivity contribution in [3.63, 3.8) is 0 Å². The van der Waals surface area contributed by atoms with Crippen LogP contribution in [0.5, 0.6) is 0 Å². The van der Waals surface area contributed by atoms with Gasteiger partial charge in [0.05, 0.1) is 17.5 Å². The third-order valence-corrected chi connectivity index (χ3v) is 6.48. The Kier molecular flexibility index (Phi) is 6.88. The van der Waals surface area contributed by atoms with E-state index in [0.717, 1.165) is 24.3 Å². The van der Waals surface area contributed by atoms with E-state index in [2.05, 4.69) is 42.0 Å². The number of likely N-dealkylation sites (N-methyl/N-ethyl adjacent to an activating group) is 1. The normalized spacial score (nSPS) is 22.0. The van der Waals surface area contributed by atoms with Crippen LogP contribution in [0, 0.1) is 6.92 Å². The Morgan fingerprint density at radius 1 is 1.19 bits per heavy atom. The lowest BCUT2D eigenvalue weighted by atomic mass is 10.0. The van der Waals surface area contributed by atoms with E-state index < -0.39 is 0 Å². The molecule has 0 spiro atoms. The van der Waals surface area contributed by atoms with Crippen LogP contribution in [0.1, 0.15) is 30.3 Å². The summed E-state index contributed by atoms with van der Waals surface area (Å²) < 4.78 is 0. The van der Waals surface area contributed by atoms with Crippen LogP contribution < -0.4 is 20.4 Å². The summed E-state index contributed by atoms with van der Waals surface area (Å²) in [5.74, 6) is 0. The standard InChI is InChI=1S/C21H30N4OS/c1-4-24-10-12-25(13-11-24)20(19-9-6-14-27-19)17(3)22-21(26)23-18-8-5-7-16(2)15-18/h5-9,14-15,17,20H,4,10-13H2,1-3H3,(H2,22,23,26)/p+2/t17-,20-/m1/s1. The van der Waals surface area contributed by atoms with Crippen LogP contribution in [-0.4, -0.2) is 44.8 Å². The van der Waals surface area contributed by atoms with E-state index in [9.17, 15) is 4.79 Å². The second-order valence-corrected chi connectivity index (χ2v) is 8.49. The van der Waals surface area contributed by atoms with Gasteiger partial charge >= 0.3 is 6.03 Å². The zero-order valence-electron chi connectivity index (χ0n) is 16.5. The Balaban J connectivity index is 1.66. The highest BCUT2D eigenvalue weighted by molar-refractivity contribution is 7.10. The fourth-order valence-corrected chi connectivity index (χ4v) is 5.03. The number of piperazine rings is 1. The van der Waals surface area contributed by atoms with E-state index in [-0.39, 0.29) is 12.1 Å². The molecular weight excluding hydrogens is 356 g/mol. The molecule has 1 aliphatic heterocycles. The highest BCUT2D eigenvalue weighted by Gasteiger charge is 2.35. The lowest BCUT2D eigenvalue weighted by molar-refractivity contribution is -1.03. The monoisotopic (exact) mass is 388 g/mol. The Hall–Kier alpha value is -1.89. The van der Waals surface area contributed by atoms with Gasteiger partial charge in [-0.1, -0.05) is 18.2 Å². The van der Waals surface area contributed by atoms with Crippen LogP contribution in [0.2, 0.25) is 0 Å². The maximum Gasteiger partial charge on any atom is 0.319 e. The lowest BCUT2D eigenvalue weighted by Crippen LogP contribution is -3.28. The Morgan fingerprint density at radius 2 is 1.96 bits per heavy atom. The summed E-state index contributed by atoms with van der Waals surface area (Å²) in [5, 5.41) is 8.29. The van der Waals surface area contributed by atoms with Crippen molar-refractivity contribution < 1.29 is 14.6 Å². The summed E-state index contributed by atoms with van der Waals surface area (Å²) in [5.41, 5.74) is 1.97. The van der Waals surface area contributed by atoms with Crippen molar-refractivity contribution in [1.82, 2.24) is 5.32 Å². The number of anilines is 1. The van der Waals surface area contributed by atoms with Gasteiger partial charge in [0, 0.05) is 5.69 Å². The summed E-state index contributed by atoms with van der Waals surface area (Å²) in [6.07, 6.45) is 0. The molecule has 0 aliphatic carbocycles. The van der Waals surface area contributed by atoms with Crippen LogP contribution in [-0.2, 0) is 0 Å². The second kappa shape index (κ2) is 9.35. The number of urea groups is 1. The van der Waals surface area contributed by atoms with E-state index in [1.807, 2.05) is 31.2 Å². The van der Waals surface area contributed by atoms with Gasteiger partial charge in [0.15, 0.2) is 0 Å². The first-order chi connectivity index (χ1) is 13.1. The Morgan fingerprint density at radius 3 is 2.59 bits per heavy atom. The molecule has 27 heavy (non-hydrogen) atoms. The van der Waals surface area contributed by atoms with Crippen molar-refractivity contribution >= 4 is 23.1 Å². The molecule has 0 saturated carbocycles. The fourth-order valence-electron chi connectivity index (χ4n) is 4.04. The molecule has 3 rings (SSSR count). The van der Waals surface area contributed by atoms with Gasteiger partial charge in [-0.3, -0.25) is 0 Å². The van der Waals surface area contributed by atoms with Crippen molar-refractivity contribution in [1.29, 1.82) is 0 Å². The number of benzene rings is 1. The van der Waals surface area contributed by atoms with Crippen LogP contribution in [0.4, 0.5) is 10.5 Å². The fraction of sp³-hybridized carbons (Fsp3) is 0.476. The molecule has 2 atom stereocenters. The van der Waals surface area contributed by atoms with Crippen molar-refractivity contribution in [2.24, 2.45) is 0 Å². The number of rotatable bonds is 6. The Bertz CT molecular complexity index is 726. The van der Waals surface area contributed by atoms with Gasteiger partial charge in [0.2, 0.25) is 0 Å². The number of hydrogen-bond donors (Lipinski definition) is 4. The molecule has 1 aromatic heterocycles. The predicted molar refractivity (Wildman–Crippen MR) is 112 cm³/mol. The number of thiophene rings is 1. The minimum Gasteiger partial charge on any atom is -0.329 e. The number of amides is 2. The van der Waals surface area contributed by atoms with Crippen LogP contribution in [0.3, 0.4) is 0 Å². The first kappa shape index (κ1) is 19.9. The third kappa shape index (κ3) is 5.31. The SMILES string of the molecule is CC[NH+]1CC[NH+]([C@@H](c2cccs2)[C@@H](C)NC(=O)Nc2cccc(C)c2)CC1. The van der Waals surface area contributed by atoms with E-state index in [0.29, 0.717) is 6.04 Å². The average Bonchev–Trinajstić information content (AvgIpc) is 3.16. The maximum atomic E-state index is 12.6. The molecule has 2 amide bonds. The van der Waals surface area contributed by atoms with Gasteiger partial charge in [-0.2, -0.15) is 0 Å². The molecule has 1 fully saturated rings. The zero-order chi connectivity index (χ0) is 19.2. The molecule has 4 N–H and O–H groups in total. The molecule has 5 nitrogen and oxygen atoms in total. The first-order valence-corrected chi connectivity index (χ1v) is 10.8. The summed E-state index contributed by atoms with van der Waals surface area (Å²) in [4.78, 5) is 17.2. The quantitative estimate of drug-likeness (QED) is 0.589. The molecule has 0 radical (unpaired) electrons. The third-order valence-electron chi connectivity index (χ3n) is 5.52. The molecule has 2 heterocycles. The van der Waals surface area contributed by atoms with Crippen molar-refractivity contribution in [2.75, 3.05) is 38.0 Å². The lowest BCUT2D eigenvalue weighted by Gasteiger charge is -2.36. The van der Waals surface area contributed by atoms with Gasteiger partial charge in [-0.15, -0.1) is 11.3 Å².